The first-order chi connectivity index (χ1) is 8.86. The number of fused-ring (bicyclic) bond motifs is 1. The van der Waals surface area contributed by atoms with Gasteiger partial charge in [0.05, 0.1) is 5.52 Å². The van der Waals surface area contributed by atoms with Crippen LogP contribution in [0.5, 0.6) is 0 Å². The van der Waals surface area contributed by atoms with Gasteiger partial charge in [-0.25, -0.2) is 0 Å². The molecule has 92 valence electrons. The first kappa shape index (κ1) is 11.5. The predicted molar refractivity (Wildman–Crippen MR) is 76.7 cm³/mol. The summed E-state index contributed by atoms with van der Waals surface area (Å²) in [6.45, 7) is 2.16. The third kappa shape index (κ3) is 2.17. The highest BCUT2D eigenvalue weighted by molar-refractivity contribution is 5.78. The first-order valence-corrected chi connectivity index (χ1v) is 6.86. The summed E-state index contributed by atoms with van der Waals surface area (Å²) in [5.41, 5.74) is 4.03. The van der Waals surface area contributed by atoms with E-state index in [-0.39, 0.29) is 0 Å². The molecular formula is C17H19N. The van der Waals surface area contributed by atoms with Gasteiger partial charge < -0.3 is 0 Å². The molecule has 0 bridgehead atoms. The number of hydrogen-bond donors (Lipinski definition) is 0. The molecule has 0 unspecified atom stereocenters. The number of hydrogen-bond acceptors (Lipinski definition) is 1. The van der Waals surface area contributed by atoms with Gasteiger partial charge in [-0.2, -0.15) is 0 Å². The SMILES string of the molecule is CC=C1CCC(c2ccc3ccccc3n2)CC1. The van der Waals surface area contributed by atoms with Crippen molar-refractivity contribution in [3.05, 3.63) is 53.7 Å². The van der Waals surface area contributed by atoms with Crippen LogP contribution in [0.3, 0.4) is 0 Å². The third-order valence-electron chi connectivity index (χ3n) is 4.07. The van der Waals surface area contributed by atoms with Gasteiger partial charge in [0.25, 0.3) is 0 Å². The van der Waals surface area contributed by atoms with Crippen LogP contribution in [0.1, 0.15) is 44.2 Å². The summed E-state index contributed by atoms with van der Waals surface area (Å²) < 4.78 is 0. The molecule has 1 aliphatic carbocycles. The smallest absolute Gasteiger partial charge is 0.0705 e. The van der Waals surface area contributed by atoms with Crippen LogP contribution in [0.25, 0.3) is 10.9 Å². The summed E-state index contributed by atoms with van der Waals surface area (Å²) in [6.07, 6.45) is 7.28. The summed E-state index contributed by atoms with van der Waals surface area (Å²) in [5.74, 6) is 0.651. The van der Waals surface area contributed by atoms with Gasteiger partial charge in [0, 0.05) is 17.0 Å². The molecule has 0 amide bonds. The molecule has 1 aliphatic rings. The van der Waals surface area contributed by atoms with Crippen LogP contribution in [0.2, 0.25) is 0 Å². The second-order valence-electron chi connectivity index (χ2n) is 5.15. The number of benzene rings is 1. The van der Waals surface area contributed by atoms with Crippen molar-refractivity contribution in [1.82, 2.24) is 4.98 Å². The molecule has 0 saturated heterocycles. The number of allylic oxidation sites excluding steroid dienone is 2. The van der Waals surface area contributed by atoms with E-state index in [0.29, 0.717) is 5.92 Å². The van der Waals surface area contributed by atoms with Crippen molar-refractivity contribution >= 4 is 10.9 Å². The Bertz CT molecular complexity index is 573. The van der Waals surface area contributed by atoms with Gasteiger partial charge in [0.2, 0.25) is 0 Å². The second-order valence-corrected chi connectivity index (χ2v) is 5.15. The maximum Gasteiger partial charge on any atom is 0.0705 e. The van der Waals surface area contributed by atoms with Crippen LogP contribution in [0, 0.1) is 0 Å². The van der Waals surface area contributed by atoms with Gasteiger partial charge >= 0.3 is 0 Å². The molecule has 0 radical (unpaired) electrons. The summed E-state index contributed by atoms with van der Waals surface area (Å²) in [5, 5.41) is 1.24. The van der Waals surface area contributed by atoms with Crippen LogP contribution in [-0.4, -0.2) is 4.98 Å². The first-order valence-electron chi connectivity index (χ1n) is 6.86. The minimum atomic E-state index is 0.651. The lowest BCUT2D eigenvalue weighted by Gasteiger charge is -2.23. The van der Waals surface area contributed by atoms with Gasteiger partial charge in [-0.3, -0.25) is 4.98 Å². The molecule has 2 aromatic rings. The van der Waals surface area contributed by atoms with E-state index < -0.39 is 0 Å². The van der Waals surface area contributed by atoms with E-state index in [1.54, 1.807) is 5.57 Å². The van der Waals surface area contributed by atoms with Gasteiger partial charge in [0.1, 0.15) is 0 Å². The Hall–Kier alpha value is -1.63. The van der Waals surface area contributed by atoms with E-state index in [4.69, 9.17) is 4.98 Å². The Morgan fingerprint density at radius 3 is 2.61 bits per heavy atom. The van der Waals surface area contributed by atoms with Gasteiger partial charge in [-0.15, -0.1) is 0 Å². The highest BCUT2D eigenvalue weighted by Gasteiger charge is 2.18. The summed E-state index contributed by atoms with van der Waals surface area (Å²) in [7, 11) is 0. The molecule has 0 spiro atoms. The van der Waals surface area contributed by atoms with Crippen LogP contribution in [0.15, 0.2) is 48.0 Å². The van der Waals surface area contributed by atoms with Crippen molar-refractivity contribution in [2.24, 2.45) is 0 Å². The maximum absolute atomic E-state index is 4.83. The Balaban J connectivity index is 1.86. The number of aromatic nitrogens is 1. The largest absolute Gasteiger partial charge is 0.253 e. The average molecular weight is 237 g/mol. The van der Waals surface area contributed by atoms with Crippen LogP contribution in [0.4, 0.5) is 0 Å². The molecule has 1 saturated carbocycles. The molecular weight excluding hydrogens is 218 g/mol. The maximum atomic E-state index is 4.83. The van der Waals surface area contributed by atoms with Crippen LogP contribution < -0.4 is 0 Å². The number of para-hydroxylation sites is 1. The van der Waals surface area contributed by atoms with Crippen molar-refractivity contribution in [1.29, 1.82) is 0 Å². The summed E-state index contributed by atoms with van der Waals surface area (Å²) in [4.78, 5) is 4.83. The highest BCUT2D eigenvalue weighted by atomic mass is 14.7. The summed E-state index contributed by atoms with van der Waals surface area (Å²) in [6, 6.07) is 12.8. The molecule has 1 aromatic carbocycles. The minimum absolute atomic E-state index is 0.651. The van der Waals surface area contributed by atoms with Gasteiger partial charge in [-0.05, 0) is 44.7 Å². The van der Waals surface area contributed by atoms with Crippen LogP contribution >= 0.6 is 0 Å². The summed E-state index contributed by atoms with van der Waals surface area (Å²) >= 11 is 0. The van der Waals surface area contributed by atoms with Crippen molar-refractivity contribution in [3.8, 4) is 0 Å². The van der Waals surface area contributed by atoms with E-state index >= 15 is 0 Å². The standard InChI is InChI=1S/C17H19N/c1-2-13-7-9-15(10-8-13)17-12-11-14-5-3-4-6-16(14)18-17/h2-6,11-12,15H,7-10H2,1H3. The topological polar surface area (TPSA) is 12.9 Å². The van der Waals surface area contributed by atoms with Gasteiger partial charge in [-0.1, -0.05) is 35.9 Å². The molecule has 1 nitrogen and oxygen atoms in total. The van der Waals surface area contributed by atoms with E-state index in [9.17, 15) is 0 Å². The zero-order valence-electron chi connectivity index (χ0n) is 10.9. The number of rotatable bonds is 1. The highest BCUT2D eigenvalue weighted by Crippen LogP contribution is 2.34. The Morgan fingerprint density at radius 2 is 1.83 bits per heavy atom. The second kappa shape index (κ2) is 4.93. The Kier molecular flexibility index (Phi) is 3.14. The molecule has 3 rings (SSSR count). The zero-order chi connectivity index (χ0) is 12.4. The fraction of sp³-hybridized carbons (Fsp3) is 0.353. The molecule has 1 aromatic heterocycles. The zero-order valence-corrected chi connectivity index (χ0v) is 10.9. The Morgan fingerprint density at radius 1 is 1.06 bits per heavy atom. The monoisotopic (exact) mass is 237 g/mol. The fourth-order valence-corrected chi connectivity index (χ4v) is 2.88. The average Bonchev–Trinajstić information content (AvgIpc) is 2.47. The molecule has 0 aliphatic heterocycles. The normalized spacial score (nSPS) is 20.1. The molecule has 0 atom stereocenters. The molecule has 18 heavy (non-hydrogen) atoms. The van der Waals surface area contributed by atoms with Crippen molar-refractivity contribution in [2.45, 2.75) is 38.5 Å². The van der Waals surface area contributed by atoms with E-state index in [0.717, 1.165) is 5.52 Å². The molecule has 0 N–H and O–H groups in total. The Labute approximate surface area is 109 Å². The quantitative estimate of drug-likeness (QED) is 0.647. The lowest BCUT2D eigenvalue weighted by atomic mass is 9.83. The van der Waals surface area contributed by atoms with E-state index in [1.165, 1.54) is 36.8 Å². The van der Waals surface area contributed by atoms with Crippen molar-refractivity contribution in [3.63, 3.8) is 0 Å². The van der Waals surface area contributed by atoms with Crippen molar-refractivity contribution in [2.75, 3.05) is 0 Å². The molecule has 1 fully saturated rings. The number of nitrogens with zero attached hydrogens (tertiary/aromatic N) is 1. The molecule has 1 heterocycles. The lowest BCUT2D eigenvalue weighted by molar-refractivity contribution is 0.507. The molecule has 1 heteroatoms. The van der Waals surface area contributed by atoms with Crippen molar-refractivity contribution < 1.29 is 0 Å². The third-order valence-corrected chi connectivity index (χ3v) is 4.07. The van der Waals surface area contributed by atoms with Gasteiger partial charge in [0.15, 0.2) is 0 Å². The lowest BCUT2D eigenvalue weighted by Crippen LogP contribution is -2.08. The minimum Gasteiger partial charge on any atom is -0.253 e. The van der Waals surface area contributed by atoms with E-state index in [1.807, 2.05) is 0 Å². The van der Waals surface area contributed by atoms with Crippen LogP contribution in [-0.2, 0) is 0 Å². The van der Waals surface area contributed by atoms with E-state index in [2.05, 4.69) is 49.4 Å². The predicted octanol–water partition coefficient (Wildman–Crippen LogP) is 4.84. The number of pyridine rings is 1. The fourth-order valence-electron chi connectivity index (χ4n) is 2.88.